The van der Waals surface area contributed by atoms with Crippen molar-refractivity contribution in [3.05, 3.63) is 93.0 Å². The van der Waals surface area contributed by atoms with E-state index in [1.807, 2.05) is 79.7 Å². The summed E-state index contributed by atoms with van der Waals surface area (Å²) in [7, 11) is 1.60. The summed E-state index contributed by atoms with van der Waals surface area (Å²) in [4.78, 5) is 147. The number of Topliss-reactive ketones (excluding diaryl/α,β-unsaturated/α-hetero) is 4. The average molecular weight is 1940 g/mol. The monoisotopic (exact) mass is 1940 g/mol. The van der Waals surface area contributed by atoms with E-state index in [0.717, 1.165) is 83.6 Å². The molecular formula is C108H146N6O26. The van der Waals surface area contributed by atoms with Crippen molar-refractivity contribution in [3.8, 4) is 46.0 Å². The van der Waals surface area contributed by atoms with Gasteiger partial charge >= 0.3 is 36.1 Å². The Kier molecular flexibility index (Phi) is 32.3. The van der Waals surface area contributed by atoms with Crippen LogP contribution in [0, 0.1) is 23.7 Å². The molecule has 4 aliphatic heterocycles. The van der Waals surface area contributed by atoms with Crippen molar-refractivity contribution in [2.75, 3.05) is 33.3 Å². The molecule has 16 aliphatic rings. The Morgan fingerprint density at radius 1 is 0.386 bits per heavy atom. The fourth-order valence-corrected chi connectivity index (χ4v) is 20.5. The van der Waals surface area contributed by atoms with Crippen LogP contribution in [-0.4, -0.2) is 222 Å². The summed E-state index contributed by atoms with van der Waals surface area (Å²) < 4.78 is 62.2. The molecule has 8 saturated carbocycles. The lowest BCUT2D eigenvalue weighted by molar-refractivity contribution is -0.159. The summed E-state index contributed by atoms with van der Waals surface area (Å²) in [6.45, 7) is 39.1. The molecule has 0 bridgehead atoms. The van der Waals surface area contributed by atoms with Gasteiger partial charge in [-0.15, -0.1) is 0 Å². The molecule has 764 valence electrons. The number of carbonyl (C=O) groups excluding carboxylic acids is 10. The van der Waals surface area contributed by atoms with Crippen LogP contribution in [-0.2, 0) is 83.0 Å². The molecule has 4 heterocycles. The molecule has 4 aromatic carbocycles. The standard InChI is InChI=1S/C32H42N2O9.C31H40N2O9.C19H21NO4.C18H19NO4.4C2H6/c1-30(2,3)42-28(37)19(34-29(38)43-31(4,5)6)10-12-23(36)40-21-11-9-18-15-22(33-16-17-7-8-17)32(39)14-13-20(35)26-25(32)24(18)27(21)41-26;1-29(2,3)41-27(36)18(33-28(37)42-30(4,5)6)14-22(35)39-20-10-9-17-13-21(32-15-16-7-8-16)31(38)12-11-19(34)25-24(31)23(17)26(20)40-25;1-23-13-5-4-11-8-14(20-9-10-2-3-10)19(22)7-6-12(21)17-16(19)15(11)18(13)24-17;20-11-4-3-10-7-13(19-8-9-1-2-9)18(22)6-5-12(21)17-15(18)14(10)16(11)23-17;4*1-2/h9,11,17,19,25-26,39H,7-8,10,12-16H2,1-6H3,(H,34,38);9-10,16,18,24-25,38H,7-8,11-15H2,1-6H3,(H,33,37);4-5,10,16-17,22H,2-3,6-9H2,1H3;3-4,9,15,17,20,22H,1-2,5-8H2;4*1-2H3/t19-,25?,26?,32+;18-,24?,25?,31+;16?,17?,19-;15?,17?,18-;;;;/m0011..../s1. The van der Waals surface area contributed by atoms with Crippen molar-refractivity contribution >= 4 is 82.0 Å². The van der Waals surface area contributed by atoms with Gasteiger partial charge in [-0.1, -0.05) is 79.7 Å². The Morgan fingerprint density at radius 2 is 0.657 bits per heavy atom. The van der Waals surface area contributed by atoms with Gasteiger partial charge in [0.2, 0.25) is 0 Å². The first kappa shape index (κ1) is 107. The maximum absolute atomic E-state index is 13.2. The minimum atomic E-state index is -1.38. The maximum Gasteiger partial charge on any atom is 0.408 e. The van der Waals surface area contributed by atoms with Crippen LogP contribution >= 0.6 is 0 Å². The van der Waals surface area contributed by atoms with Crippen LogP contribution in [0.5, 0.6) is 46.0 Å². The highest BCUT2D eigenvalue weighted by Crippen LogP contribution is 2.62. The van der Waals surface area contributed by atoms with E-state index in [1.165, 1.54) is 25.7 Å². The highest BCUT2D eigenvalue weighted by atomic mass is 16.6. The zero-order valence-electron chi connectivity index (χ0n) is 85.4. The second kappa shape index (κ2) is 42.5. The van der Waals surface area contributed by atoms with Gasteiger partial charge in [0.25, 0.3) is 0 Å². The predicted molar refractivity (Wildman–Crippen MR) is 523 cm³/mol. The predicted octanol–water partition coefficient (Wildman–Crippen LogP) is 15.4. The third kappa shape index (κ3) is 23.1. The number of esters is 4. The Labute approximate surface area is 821 Å². The van der Waals surface area contributed by atoms with Crippen molar-refractivity contribution in [2.24, 2.45) is 43.6 Å². The third-order valence-corrected chi connectivity index (χ3v) is 27.6. The van der Waals surface area contributed by atoms with E-state index < -0.39 is 142 Å². The van der Waals surface area contributed by atoms with Crippen LogP contribution in [0.1, 0.15) is 329 Å². The van der Waals surface area contributed by atoms with Gasteiger partial charge in [-0.25, -0.2) is 19.2 Å². The lowest BCUT2D eigenvalue weighted by atomic mass is 9.63. The number of aromatic hydroxyl groups is 1. The highest BCUT2D eigenvalue weighted by molar-refractivity contribution is 6.06. The fourth-order valence-electron chi connectivity index (χ4n) is 20.5. The zero-order chi connectivity index (χ0) is 102. The second-order valence-corrected chi connectivity index (χ2v) is 42.5. The van der Waals surface area contributed by atoms with Gasteiger partial charge in [0, 0.05) is 129 Å². The second-order valence-electron chi connectivity index (χ2n) is 42.5. The first-order valence-corrected chi connectivity index (χ1v) is 50.8. The lowest BCUT2D eigenvalue weighted by Gasteiger charge is -2.44. The number of hydrogen-bond donors (Lipinski definition) is 7. The largest absolute Gasteiger partial charge is 0.504 e. The number of methoxy groups -OCH3 is 1. The first-order chi connectivity index (χ1) is 66.3. The Bertz CT molecular complexity index is 5510. The van der Waals surface area contributed by atoms with E-state index in [1.54, 1.807) is 114 Å². The molecule has 4 aromatic rings. The quantitative estimate of drug-likeness (QED) is 0.0245. The van der Waals surface area contributed by atoms with Gasteiger partial charge in [0.15, 0.2) is 93.5 Å². The van der Waals surface area contributed by atoms with Crippen molar-refractivity contribution in [3.63, 3.8) is 0 Å². The zero-order valence-corrected chi connectivity index (χ0v) is 85.4. The van der Waals surface area contributed by atoms with Crippen LogP contribution in [0.4, 0.5) is 9.59 Å². The van der Waals surface area contributed by atoms with Crippen molar-refractivity contribution in [2.45, 2.75) is 391 Å². The smallest absolute Gasteiger partial charge is 0.408 e. The number of amides is 2. The molecule has 32 heteroatoms. The minimum Gasteiger partial charge on any atom is -0.504 e. The first-order valence-electron chi connectivity index (χ1n) is 50.8. The molecule has 0 saturated heterocycles. The van der Waals surface area contributed by atoms with Gasteiger partial charge in [-0.3, -0.25) is 48.7 Å². The molecule has 2 amide bonds. The average Bonchev–Trinajstić information content (AvgIpc) is 1.55. The van der Waals surface area contributed by atoms with Crippen LogP contribution in [0.3, 0.4) is 0 Å². The summed E-state index contributed by atoms with van der Waals surface area (Å²) in [6.07, 6.45) is 8.23. The number of phenolic OH excluding ortho intramolecular Hbond substituents is 1. The molecular weight excluding hydrogens is 1800 g/mol. The molecule has 8 fully saturated rings. The number of phenols is 1. The molecule has 20 rings (SSSR count). The normalized spacial score (nSPS) is 27.9. The van der Waals surface area contributed by atoms with Gasteiger partial charge < -0.3 is 88.3 Å². The van der Waals surface area contributed by atoms with E-state index >= 15 is 0 Å². The van der Waals surface area contributed by atoms with Crippen molar-refractivity contribution in [1.82, 2.24) is 10.6 Å². The Morgan fingerprint density at radius 3 is 0.964 bits per heavy atom. The van der Waals surface area contributed by atoms with Crippen LogP contribution < -0.4 is 43.8 Å². The van der Waals surface area contributed by atoms with E-state index in [0.29, 0.717) is 128 Å². The van der Waals surface area contributed by atoms with Gasteiger partial charge in [-0.2, -0.15) is 0 Å². The summed E-state index contributed by atoms with van der Waals surface area (Å²) in [5, 5.41) is 61.7. The maximum atomic E-state index is 13.2. The summed E-state index contributed by atoms with van der Waals surface area (Å²) in [5.41, 5.74) is 1.94. The SMILES string of the molecule is CC.CC.CC.CC.CC(C)(C)OC(=O)N[C@@H](CC(=O)Oc1ccc2c3c1OC1C(=O)CC[C@@](O)(C(=NCC4CC4)C2)C31)C(=O)OC(C)(C)C.CC(C)(C)OC(=O)N[C@@H](CCC(=O)Oc1ccc2c3c1OC1C(=O)CC[C@@](O)(C(=NCC4CC4)C2)C31)C(=O)OC(C)(C)C.COc1ccc2c3c1OC1C(=O)CC[C@@](O)(C(=NCC4CC4)C2)C31.O=C1CC[C@@]2(O)C(=NCC3CC3)Cc3ccc(O)c4c3C2C1O4. The Hall–Kier alpha value is -10.7. The van der Waals surface area contributed by atoms with Crippen LogP contribution in [0.25, 0.3) is 0 Å². The van der Waals surface area contributed by atoms with E-state index in [9.17, 15) is 73.5 Å². The molecule has 140 heavy (non-hydrogen) atoms. The summed E-state index contributed by atoms with van der Waals surface area (Å²) in [6, 6.07) is 11.7. The van der Waals surface area contributed by atoms with E-state index in [4.69, 9.17) is 72.1 Å². The number of alkyl carbamates (subject to hydrolysis) is 2. The molecule has 0 radical (unpaired) electrons. The number of aliphatic imine (C=N–C) groups is 4. The molecule has 8 unspecified atom stereocenters. The molecule has 0 aromatic heterocycles. The number of ketones is 4. The lowest BCUT2D eigenvalue weighted by Crippen LogP contribution is -2.56. The molecule has 12 aliphatic carbocycles. The van der Waals surface area contributed by atoms with Crippen molar-refractivity contribution < 1.29 is 126 Å². The minimum absolute atomic E-state index is 0.00432. The highest BCUT2D eigenvalue weighted by Gasteiger charge is 2.65. The Balaban J connectivity index is 0.000000158. The number of aliphatic hydroxyl groups is 4. The third-order valence-electron chi connectivity index (χ3n) is 27.6. The molecule has 7 N–H and O–H groups in total. The number of hydrogen-bond acceptors (Lipinski definition) is 30. The van der Waals surface area contributed by atoms with Crippen LogP contribution in [0.2, 0.25) is 0 Å². The fraction of sp³-hybridized carbons (Fsp3) is 0.648. The van der Waals surface area contributed by atoms with Crippen molar-refractivity contribution in [1.29, 1.82) is 0 Å². The van der Waals surface area contributed by atoms with E-state index in [-0.39, 0.29) is 96.3 Å². The number of rotatable bonds is 20. The van der Waals surface area contributed by atoms with Gasteiger partial charge in [0.05, 0.1) is 37.2 Å². The van der Waals surface area contributed by atoms with Crippen LogP contribution in [0.15, 0.2) is 68.5 Å². The summed E-state index contributed by atoms with van der Waals surface area (Å²) >= 11 is 0. The number of ether oxygens (including phenoxy) is 11. The topological polar surface area (TPSA) is 447 Å². The number of carbonyl (C=O) groups is 10. The summed E-state index contributed by atoms with van der Waals surface area (Å²) in [5.74, 6) is -0.331. The molecule has 0 spiro atoms. The number of benzene rings is 4. The number of nitrogens with one attached hydrogen (secondary N) is 2. The molecule has 32 nitrogen and oxygen atoms in total. The van der Waals surface area contributed by atoms with E-state index in [2.05, 4.69) is 10.6 Å². The molecule has 14 atom stereocenters. The van der Waals surface area contributed by atoms with Gasteiger partial charge in [0.1, 0.15) is 56.9 Å². The van der Waals surface area contributed by atoms with Gasteiger partial charge in [-0.05, 0) is 237 Å². The number of nitrogens with zero attached hydrogens (tertiary/aromatic N) is 4.